The molecule has 0 saturated carbocycles. The summed E-state index contributed by atoms with van der Waals surface area (Å²) < 4.78 is 14.8. The lowest BCUT2D eigenvalue weighted by Crippen LogP contribution is -2.15. The number of methoxy groups -OCH3 is 2. The van der Waals surface area contributed by atoms with Crippen LogP contribution in [0.15, 0.2) is 36.5 Å². The summed E-state index contributed by atoms with van der Waals surface area (Å²) in [7, 11) is 2.44. The van der Waals surface area contributed by atoms with Gasteiger partial charge in [0, 0.05) is 18.0 Å². The molecule has 8 heteroatoms. The van der Waals surface area contributed by atoms with Crippen molar-refractivity contribution >= 4 is 23.5 Å². The number of amides is 1. The topological polar surface area (TPSA) is 104 Å². The Morgan fingerprint density at radius 2 is 1.57 bits per heavy atom. The van der Waals surface area contributed by atoms with Gasteiger partial charge in [-0.15, -0.1) is 0 Å². The Morgan fingerprint density at radius 1 is 0.964 bits per heavy atom. The smallest absolute Gasteiger partial charge is 0.337 e. The number of anilines is 1. The van der Waals surface area contributed by atoms with Gasteiger partial charge in [-0.3, -0.25) is 4.79 Å². The van der Waals surface area contributed by atoms with Crippen LogP contribution in [0, 0.1) is 5.92 Å². The molecule has 0 aliphatic rings. The van der Waals surface area contributed by atoms with Crippen LogP contribution in [0.3, 0.4) is 0 Å². The van der Waals surface area contributed by atoms with E-state index in [0.29, 0.717) is 24.0 Å². The lowest BCUT2D eigenvalue weighted by Gasteiger charge is -2.10. The van der Waals surface area contributed by atoms with Crippen molar-refractivity contribution in [3.63, 3.8) is 0 Å². The summed E-state index contributed by atoms with van der Waals surface area (Å²) in [4.78, 5) is 40.2. The molecular weight excluding hydrogens is 364 g/mol. The van der Waals surface area contributed by atoms with Gasteiger partial charge in [-0.2, -0.15) is 0 Å². The average molecular weight is 386 g/mol. The van der Waals surface area contributed by atoms with Gasteiger partial charge < -0.3 is 19.5 Å². The van der Waals surface area contributed by atoms with Gasteiger partial charge >= 0.3 is 11.9 Å². The van der Waals surface area contributed by atoms with Gasteiger partial charge in [0.2, 0.25) is 5.88 Å². The number of nitrogens with zero attached hydrogens (tertiary/aromatic N) is 1. The number of rotatable bonds is 7. The van der Waals surface area contributed by atoms with Crippen molar-refractivity contribution in [3.05, 3.63) is 53.2 Å². The summed E-state index contributed by atoms with van der Waals surface area (Å²) >= 11 is 0. The molecule has 0 aliphatic carbocycles. The highest BCUT2D eigenvalue weighted by Gasteiger charge is 2.16. The Morgan fingerprint density at radius 3 is 2.04 bits per heavy atom. The van der Waals surface area contributed by atoms with E-state index in [1.165, 1.54) is 38.6 Å². The molecule has 0 aliphatic heterocycles. The highest BCUT2D eigenvalue weighted by Crippen LogP contribution is 2.18. The Balaban J connectivity index is 2.20. The van der Waals surface area contributed by atoms with E-state index in [-0.39, 0.29) is 16.8 Å². The van der Waals surface area contributed by atoms with Crippen molar-refractivity contribution in [2.75, 3.05) is 26.1 Å². The fourth-order valence-electron chi connectivity index (χ4n) is 2.23. The van der Waals surface area contributed by atoms with E-state index in [1.54, 1.807) is 12.1 Å². The van der Waals surface area contributed by atoms with Gasteiger partial charge in [-0.1, -0.05) is 13.8 Å². The average Bonchev–Trinajstić information content (AvgIpc) is 2.70. The van der Waals surface area contributed by atoms with Gasteiger partial charge in [0.15, 0.2) is 0 Å². The molecule has 0 bridgehead atoms. The number of nitrogens with one attached hydrogen (secondary N) is 1. The van der Waals surface area contributed by atoms with Crippen LogP contribution in [0.25, 0.3) is 0 Å². The monoisotopic (exact) mass is 386 g/mol. The number of aromatic nitrogens is 1. The summed E-state index contributed by atoms with van der Waals surface area (Å²) in [6.07, 6.45) is 1.39. The van der Waals surface area contributed by atoms with E-state index in [0.717, 1.165) is 0 Å². The molecule has 0 atom stereocenters. The molecule has 8 nitrogen and oxygen atoms in total. The molecule has 1 heterocycles. The molecule has 0 saturated heterocycles. The lowest BCUT2D eigenvalue weighted by atomic mass is 10.1. The SMILES string of the molecule is COC(=O)c1cc(NC(=O)c2ccc(OCC(C)C)nc2)cc(C(=O)OC)c1. The zero-order valence-electron chi connectivity index (χ0n) is 16.1. The maximum Gasteiger partial charge on any atom is 0.337 e. The molecule has 148 valence electrons. The molecule has 0 unspecified atom stereocenters. The van der Waals surface area contributed by atoms with Crippen LogP contribution in [-0.2, 0) is 9.47 Å². The third kappa shape index (κ3) is 5.54. The molecule has 1 amide bonds. The number of hydrogen-bond donors (Lipinski definition) is 1. The predicted octanol–water partition coefficient (Wildman–Crippen LogP) is 2.94. The second-order valence-corrected chi connectivity index (χ2v) is 6.33. The van der Waals surface area contributed by atoms with Gasteiger partial charge in [-0.05, 0) is 30.2 Å². The van der Waals surface area contributed by atoms with Crippen LogP contribution in [-0.4, -0.2) is 43.7 Å². The first-order chi connectivity index (χ1) is 13.3. The van der Waals surface area contributed by atoms with Crippen molar-refractivity contribution in [3.8, 4) is 5.88 Å². The van der Waals surface area contributed by atoms with Gasteiger partial charge in [0.25, 0.3) is 5.91 Å². The van der Waals surface area contributed by atoms with Crippen LogP contribution < -0.4 is 10.1 Å². The minimum Gasteiger partial charge on any atom is -0.477 e. The first-order valence-electron chi connectivity index (χ1n) is 8.56. The van der Waals surface area contributed by atoms with E-state index in [4.69, 9.17) is 4.74 Å². The third-order valence-corrected chi connectivity index (χ3v) is 3.60. The van der Waals surface area contributed by atoms with Crippen LogP contribution in [0.1, 0.15) is 44.9 Å². The molecule has 0 spiro atoms. The Bertz CT molecular complexity index is 827. The van der Waals surface area contributed by atoms with E-state index in [9.17, 15) is 14.4 Å². The van der Waals surface area contributed by atoms with Crippen LogP contribution in [0.2, 0.25) is 0 Å². The number of esters is 2. The molecule has 1 aromatic carbocycles. The lowest BCUT2D eigenvalue weighted by molar-refractivity contribution is 0.0599. The predicted molar refractivity (Wildman–Crippen MR) is 102 cm³/mol. The molecular formula is C20H22N2O6. The number of carbonyl (C=O) groups is 3. The molecule has 28 heavy (non-hydrogen) atoms. The Labute approximate surface area is 162 Å². The van der Waals surface area contributed by atoms with E-state index in [1.807, 2.05) is 13.8 Å². The maximum absolute atomic E-state index is 12.5. The summed E-state index contributed by atoms with van der Waals surface area (Å²) in [5, 5.41) is 2.63. The highest BCUT2D eigenvalue weighted by atomic mass is 16.5. The Kier molecular flexibility index (Phi) is 7.08. The minimum atomic E-state index is -0.644. The number of benzene rings is 1. The van der Waals surface area contributed by atoms with Crippen molar-refractivity contribution in [2.45, 2.75) is 13.8 Å². The summed E-state index contributed by atoms with van der Waals surface area (Å²) in [6, 6.07) is 7.31. The quantitative estimate of drug-likeness (QED) is 0.730. The summed E-state index contributed by atoms with van der Waals surface area (Å²) in [5.74, 6) is -0.966. The van der Waals surface area contributed by atoms with Crippen molar-refractivity contribution in [2.24, 2.45) is 5.92 Å². The van der Waals surface area contributed by atoms with Crippen molar-refractivity contribution in [1.82, 2.24) is 4.98 Å². The fraction of sp³-hybridized carbons (Fsp3) is 0.300. The standard InChI is InChI=1S/C20H22N2O6/c1-12(2)11-28-17-6-5-13(10-21-17)18(23)22-16-8-14(19(24)26-3)7-15(9-16)20(25)27-4/h5-10,12H,11H2,1-4H3,(H,22,23). The maximum atomic E-state index is 12.5. The first kappa shape index (κ1) is 20.9. The van der Waals surface area contributed by atoms with Crippen molar-refractivity contribution < 1.29 is 28.6 Å². The highest BCUT2D eigenvalue weighted by molar-refractivity contribution is 6.05. The number of ether oxygens (including phenoxy) is 3. The third-order valence-electron chi connectivity index (χ3n) is 3.60. The number of pyridine rings is 1. The number of carbonyl (C=O) groups excluding carboxylic acids is 3. The summed E-state index contributed by atoms with van der Waals surface area (Å²) in [5.41, 5.74) is 0.751. The fourth-order valence-corrected chi connectivity index (χ4v) is 2.23. The molecule has 1 aromatic heterocycles. The molecule has 1 N–H and O–H groups in total. The van der Waals surface area contributed by atoms with Gasteiger partial charge in [-0.25, -0.2) is 14.6 Å². The Hall–Kier alpha value is -3.42. The van der Waals surface area contributed by atoms with E-state index >= 15 is 0 Å². The zero-order valence-corrected chi connectivity index (χ0v) is 16.1. The second kappa shape index (κ2) is 9.50. The van der Waals surface area contributed by atoms with Crippen LogP contribution >= 0.6 is 0 Å². The molecule has 0 radical (unpaired) electrons. The molecule has 0 fully saturated rings. The summed E-state index contributed by atoms with van der Waals surface area (Å²) in [6.45, 7) is 4.56. The largest absolute Gasteiger partial charge is 0.477 e. The van der Waals surface area contributed by atoms with Crippen LogP contribution in [0.5, 0.6) is 5.88 Å². The molecule has 2 aromatic rings. The second-order valence-electron chi connectivity index (χ2n) is 6.33. The number of hydrogen-bond acceptors (Lipinski definition) is 7. The normalized spacial score (nSPS) is 10.3. The van der Waals surface area contributed by atoms with Gasteiger partial charge in [0.05, 0.1) is 37.5 Å². The van der Waals surface area contributed by atoms with Crippen molar-refractivity contribution in [1.29, 1.82) is 0 Å². The van der Waals surface area contributed by atoms with Crippen LogP contribution in [0.4, 0.5) is 5.69 Å². The van der Waals surface area contributed by atoms with E-state index < -0.39 is 17.8 Å². The molecule has 2 rings (SSSR count). The van der Waals surface area contributed by atoms with E-state index in [2.05, 4.69) is 19.8 Å². The first-order valence-corrected chi connectivity index (χ1v) is 8.56. The van der Waals surface area contributed by atoms with Gasteiger partial charge in [0.1, 0.15) is 0 Å². The zero-order chi connectivity index (χ0) is 20.7. The minimum absolute atomic E-state index is 0.108.